The Balaban J connectivity index is 2.12. The SMILES string of the molecule is COc1cccc(C=CC(=O)O)c1OCCc1ccsc1. The van der Waals surface area contributed by atoms with Crippen LogP contribution in [0.5, 0.6) is 11.5 Å². The normalized spacial score (nSPS) is 10.7. The molecule has 1 aromatic heterocycles. The van der Waals surface area contributed by atoms with Crippen molar-refractivity contribution in [2.75, 3.05) is 13.7 Å². The average molecular weight is 304 g/mol. The van der Waals surface area contributed by atoms with Crippen LogP contribution >= 0.6 is 11.3 Å². The Hall–Kier alpha value is -2.27. The number of ether oxygens (including phenoxy) is 2. The lowest BCUT2D eigenvalue weighted by molar-refractivity contribution is -0.131. The molecule has 1 aromatic carbocycles. The molecule has 2 rings (SSSR count). The average Bonchev–Trinajstić information content (AvgIpc) is 2.99. The summed E-state index contributed by atoms with van der Waals surface area (Å²) in [5.74, 6) is 0.155. The minimum absolute atomic E-state index is 0.505. The Bertz CT molecular complexity index is 617. The Morgan fingerprint density at radius 2 is 2.24 bits per heavy atom. The van der Waals surface area contributed by atoms with Gasteiger partial charge in [0, 0.05) is 18.1 Å². The van der Waals surface area contributed by atoms with E-state index < -0.39 is 5.97 Å². The lowest BCUT2D eigenvalue weighted by Gasteiger charge is -2.13. The Morgan fingerprint density at radius 1 is 1.38 bits per heavy atom. The predicted octanol–water partition coefficient (Wildman–Crippen LogP) is 3.48. The van der Waals surface area contributed by atoms with E-state index in [-0.39, 0.29) is 0 Å². The van der Waals surface area contributed by atoms with Crippen molar-refractivity contribution in [2.45, 2.75) is 6.42 Å². The summed E-state index contributed by atoms with van der Waals surface area (Å²) in [6, 6.07) is 7.44. The first-order chi connectivity index (χ1) is 10.2. The molecule has 0 saturated carbocycles. The van der Waals surface area contributed by atoms with Crippen LogP contribution in [-0.2, 0) is 11.2 Å². The van der Waals surface area contributed by atoms with Gasteiger partial charge in [0.25, 0.3) is 0 Å². The van der Waals surface area contributed by atoms with Crippen LogP contribution in [0.2, 0.25) is 0 Å². The third-order valence-corrected chi connectivity index (χ3v) is 3.58. The quantitative estimate of drug-likeness (QED) is 0.796. The number of carboxylic acid groups (broad SMARTS) is 1. The van der Waals surface area contributed by atoms with Crippen LogP contribution in [-0.4, -0.2) is 24.8 Å². The summed E-state index contributed by atoms with van der Waals surface area (Å²) in [7, 11) is 1.56. The molecule has 4 nitrogen and oxygen atoms in total. The number of rotatable bonds is 7. The summed E-state index contributed by atoms with van der Waals surface area (Å²) in [4.78, 5) is 10.7. The van der Waals surface area contributed by atoms with Crippen molar-refractivity contribution in [1.82, 2.24) is 0 Å². The van der Waals surface area contributed by atoms with Crippen LogP contribution in [0.4, 0.5) is 0 Å². The molecule has 110 valence electrons. The van der Waals surface area contributed by atoms with Gasteiger partial charge in [0.15, 0.2) is 11.5 Å². The highest BCUT2D eigenvalue weighted by Crippen LogP contribution is 2.32. The molecule has 0 aliphatic carbocycles. The van der Waals surface area contributed by atoms with Crippen LogP contribution in [0.3, 0.4) is 0 Å². The van der Waals surface area contributed by atoms with Gasteiger partial charge < -0.3 is 14.6 Å². The van der Waals surface area contributed by atoms with E-state index in [0.29, 0.717) is 23.7 Å². The van der Waals surface area contributed by atoms with E-state index in [4.69, 9.17) is 14.6 Å². The molecule has 0 radical (unpaired) electrons. The molecule has 0 amide bonds. The number of hydrogen-bond donors (Lipinski definition) is 1. The van der Waals surface area contributed by atoms with Crippen LogP contribution in [0.1, 0.15) is 11.1 Å². The molecule has 1 heterocycles. The van der Waals surface area contributed by atoms with Gasteiger partial charge in [0.1, 0.15) is 0 Å². The number of methoxy groups -OCH3 is 1. The number of carboxylic acids is 1. The maximum absolute atomic E-state index is 10.7. The second kappa shape index (κ2) is 7.50. The molecule has 0 aliphatic rings. The predicted molar refractivity (Wildman–Crippen MR) is 83.2 cm³/mol. The van der Waals surface area contributed by atoms with E-state index >= 15 is 0 Å². The fourth-order valence-corrected chi connectivity index (χ4v) is 2.55. The van der Waals surface area contributed by atoms with Gasteiger partial charge in [-0.1, -0.05) is 12.1 Å². The molecule has 0 unspecified atom stereocenters. The second-order valence-electron chi connectivity index (χ2n) is 4.28. The summed E-state index contributed by atoms with van der Waals surface area (Å²) in [6.07, 6.45) is 3.38. The number of benzene rings is 1. The van der Waals surface area contributed by atoms with Crippen LogP contribution in [0.15, 0.2) is 41.1 Å². The standard InChI is InChI=1S/C16H16O4S/c1-19-14-4-2-3-13(5-6-15(17)18)16(14)20-9-7-12-8-10-21-11-12/h2-6,8,10-11H,7,9H2,1H3,(H,17,18). The molecule has 5 heteroatoms. The zero-order chi connectivity index (χ0) is 15.1. The maximum Gasteiger partial charge on any atom is 0.328 e. The van der Waals surface area contributed by atoms with E-state index in [1.165, 1.54) is 11.6 Å². The topological polar surface area (TPSA) is 55.8 Å². The number of carbonyl (C=O) groups is 1. The molecular formula is C16H16O4S. The van der Waals surface area contributed by atoms with E-state index in [0.717, 1.165) is 12.5 Å². The van der Waals surface area contributed by atoms with Crippen molar-refractivity contribution in [3.63, 3.8) is 0 Å². The molecule has 0 aliphatic heterocycles. The number of hydrogen-bond acceptors (Lipinski definition) is 4. The van der Waals surface area contributed by atoms with Gasteiger partial charge >= 0.3 is 5.97 Å². The van der Waals surface area contributed by atoms with Crippen LogP contribution in [0, 0.1) is 0 Å². The molecule has 21 heavy (non-hydrogen) atoms. The molecule has 0 atom stereocenters. The molecule has 0 fully saturated rings. The summed E-state index contributed by atoms with van der Waals surface area (Å²) in [5.41, 5.74) is 1.90. The summed E-state index contributed by atoms with van der Waals surface area (Å²) < 4.78 is 11.1. The maximum atomic E-state index is 10.7. The summed E-state index contributed by atoms with van der Waals surface area (Å²) in [6.45, 7) is 0.505. The molecule has 0 bridgehead atoms. The van der Waals surface area contributed by atoms with Gasteiger partial charge in [-0.25, -0.2) is 4.79 Å². The largest absolute Gasteiger partial charge is 0.493 e. The monoisotopic (exact) mass is 304 g/mol. The Kier molecular flexibility index (Phi) is 5.40. The van der Waals surface area contributed by atoms with Crippen molar-refractivity contribution in [2.24, 2.45) is 0 Å². The molecular weight excluding hydrogens is 288 g/mol. The van der Waals surface area contributed by atoms with Gasteiger partial charge in [-0.3, -0.25) is 0 Å². The van der Waals surface area contributed by atoms with Crippen molar-refractivity contribution in [3.05, 3.63) is 52.2 Å². The van der Waals surface area contributed by atoms with E-state index in [1.807, 2.05) is 5.38 Å². The zero-order valence-electron chi connectivity index (χ0n) is 11.6. The van der Waals surface area contributed by atoms with E-state index in [1.54, 1.807) is 36.6 Å². The Labute approximate surface area is 127 Å². The third-order valence-electron chi connectivity index (χ3n) is 2.85. The molecule has 0 spiro atoms. The van der Waals surface area contributed by atoms with Crippen molar-refractivity contribution in [3.8, 4) is 11.5 Å². The van der Waals surface area contributed by atoms with Crippen molar-refractivity contribution < 1.29 is 19.4 Å². The van der Waals surface area contributed by atoms with Crippen LogP contribution in [0.25, 0.3) is 6.08 Å². The van der Waals surface area contributed by atoms with Gasteiger partial charge in [-0.15, -0.1) is 0 Å². The number of para-hydroxylation sites is 1. The smallest absolute Gasteiger partial charge is 0.328 e. The zero-order valence-corrected chi connectivity index (χ0v) is 12.4. The fourth-order valence-electron chi connectivity index (χ4n) is 1.85. The van der Waals surface area contributed by atoms with Gasteiger partial charge in [0.2, 0.25) is 0 Å². The molecule has 2 aromatic rings. The molecule has 1 N–H and O–H groups in total. The van der Waals surface area contributed by atoms with Crippen molar-refractivity contribution >= 4 is 23.4 Å². The van der Waals surface area contributed by atoms with Crippen molar-refractivity contribution in [1.29, 1.82) is 0 Å². The van der Waals surface area contributed by atoms with E-state index in [2.05, 4.69) is 11.4 Å². The first-order valence-electron chi connectivity index (χ1n) is 6.42. The highest BCUT2D eigenvalue weighted by Gasteiger charge is 2.09. The van der Waals surface area contributed by atoms with Gasteiger partial charge in [0.05, 0.1) is 13.7 Å². The summed E-state index contributed by atoms with van der Waals surface area (Å²) in [5, 5.41) is 12.8. The highest BCUT2D eigenvalue weighted by atomic mass is 32.1. The van der Waals surface area contributed by atoms with Gasteiger partial charge in [-0.2, -0.15) is 11.3 Å². The first-order valence-corrected chi connectivity index (χ1v) is 7.37. The van der Waals surface area contributed by atoms with E-state index in [9.17, 15) is 4.79 Å². The number of thiophene rings is 1. The first kappa shape index (κ1) is 15.1. The van der Waals surface area contributed by atoms with Gasteiger partial charge in [-0.05, 0) is 34.5 Å². The van der Waals surface area contributed by atoms with Crippen LogP contribution < -0.4 is 9.47 Å². The lowest BCUT2D eigenvalue weighted by atomic mass is 10.1. The Morgan fingerprint density at radius 3 is 2.90 bits per heavy atom. The minimum atomic E-state index is -0.998. The third kappa shape index (κ3) is 4.36. The second-order valence-corrected chi connectivity index (χ2v) is 5.06. The number of aliphatic carboxylic acids is 1. The minimum Gasteiger partial charge on any atom is -0.493 e. The summed E-state index contributed by atoms with van der Waals surface area (Å²) >= 11 is 1.65. The highest BCUT2D eigenvalue weighted by molar-refractivity contribution is 7.07. The molecule has 0 saturated heterocycles. The fraction of sp³-hybridized carbons (Fsp3) is 0.188. The lowest BCUT2D eigenvalue weighted by Crippen LogP contribution is -2.03.